The van der Waals surface area contributed by atoms with Crippen molar-refractivity contribution in [2.75, 3.05) is 0 Å². The third kappa shape index (κ3) is 5.01. The number of hydrogen-bond donors (Lipinski definition) is 2. The van der Waals surface area contributed by atoms with Crippen molar-refractivity contribution in [2.45, 2.75) is 13.5 Å². The van der Waals surface area contributed by atoms with Crippen molar-refractivity contribution in [2.24, 2.45) is 5.10 Å². The van der Waals surface area contributed by atoms with Gasteiger partial charge in [-0.1, -0.05) is 84.9 Å². The quantitative estimate of drug-likeness (QED) is 0.392. The SMILES string of the molecule is C/C(=N\NC(=S)NCc1ccccc1)c1ccc(-c2ccccc2)cc1. The molecule has 0 atom stereocenters. The normalized spacial score (nSPS) is 11.0. The number of nitrogens with one attached hydrogen (secondary N) is 2. The molecule has 0 aliphatic heterocycles. The topological polar surface area (TPSA) is 36.4 Å². The standard InChI is InChI=1S/C22H21N3S/c1-17(24-25-22(26)23-16-18-8-4-2-5-9-18)19-12-14-21(15-13-19)20-10-6-3-7-11-20/h2-15H,16H2,1H3,(H2,23,25,26)/b24-17+. The summed E-state index contributed by atoms with van der Waals surface area (Å²) in [5.74, 6) is 0. The molecule has 3 rings (SSSR count). The highest BCUT2D eigenvalue weighted by atomic mass is 32.1. The lowest BCUT2D eigenvalue weighted by atomic mass is 10.0. The second-order valence-corrected chi connectivity index (χ2v) is 6.33. The fourth-order valence-corrected chi connectivity index (χ4v) is 2.67. The zero-order valence-electron chi connectivity index (χ0n) is 14.6. The maximum Gasteiger partial charge on any atom is 0.187 e. The molecule has 0 aliphatic rings. The Labute approximate surface area is 159 Å². The number of hydrazone groups is 1. The zero-order valence-corrected chi connectivity index (χ0v) is 15.5. The molecule has 0 amide bonds. The van der Waals surface area contributed by atoms with Crippen LogP contribution in [0, 0.1) is 0 Å². The molecule has 0 saturated carbocycles. The fraction of sp³-hybridized carbons (Fsp3) is 0.0909. The maximum atomic E-state index is 5.28. The third-order valence-electron chi connectivity index (χ3n) is 4.03. The summed E-state index contributed by atoms with van der Waals surface area (Å²) < 4.78 is 0. The second-order valence-electron chi connectivity index (χ2n) is 5.92. The Balaban J connectivity index is 1.56. The lowest BCUT2D eigenvalue weighted by Crippen LogP contribution is -2.32. The molecule has 0 unspecified atom stereocenters. The van der Waals surface area contributed by atoms with E-state index < -0.39 is 0 Å². The first-order valence-corrected chi connectivity index (χ1v) is 8.91. The van der Waals surface area contributed by atoms with E-state index >= 15 is 0 Å². The monoisotopic (exact) mass is 359 g/mol. The summed E-state index contributed by atoms with van der Waals surface area (Å²) in [6.45, 7) is 2.64. The van der Waals surface area contributed by atoms with Crippen LogP contribution >= 0.6 is 12.2 Å². The van der Waals surface area contributed by atoms with Gasteiger partial charge in [0, 0.05) is 6.54 Å². The molecular formula is C22H21N3S. The molecule has 130 valence electrons. The summed E-state index contributed by atoms with van der Waals surface area (Å²) in [6, 6.07) is 28.8. The summed E-state index contributed by atoms with van der Waals surface area (Å²) in [6.07, 6.45) is 0. The Morgan fingerprint density at radius 1 is 0.808 bits per heavy atom. The van der Waals surface area contributed by atoms with Crippen LogP contribution in [-0.4, -0.2) is 10.8 Å². The summed E-state index contributed by atoms with van der Waals surface area (Å²) in [5, 5.41) is 8.03. The number of nitrogens with zero attached hydrogens (tertiary/aromatic N) is 1. The summed E-state index contributed by atoms with van der Waals surface area (Å²) in [5.41, 5.74) is 8.42. The summed E-state index contributed by atoms with van der Waals surface area (Å²) in [4.78, 5) is 0. The van der Waals surface area contributed by atoms with Crippen molar-refractivity contribution < 1.29 is 0 Å². The third-order valence-corrected chi connectivity index (χ3v) is 4.27. The van der Waals surface area contributed by atoms with Crippen molar-refractivity contribution in [1.29, 1.82) is 0 Å². The average Bonchev–Trinajstić information content (AvgIpc) is 2.72. The molecule has 2 N–H and O–H groups in total. The predicted octanol–water partition coefficient (Wildman–Crippen LogP) is 4.74. The van der Waals surface area contributed by atoms with E-state index in [2.05, 4.69) is 64.4 Å². The van der Waals surface area contributed by atoms with Crippen LogP contribution in [0.3, 0.4) is 0 Å². The minimum atomic E-state index is 0.508. The number of thiocarbonyl (C=S) groups is 1. The summed E-state index contributed by atoms with van der Waals surface area (Å²) in [7, 11) is 0. The van der Waals surface area contributed by atoms with Crippen LogP contribution in [0.4, 0.5) is 0 Å². The zero-order chi connectivity index (χ0) is 18.2. The largest absolute Gasteiger partial charge is 0.357 e. The van der Waals surface area contributed by atoms with E-state index in [1.165, 1.54) is 16.7 Å². The van der Waals surface area contributed by atoms with Crippen molar-refractivity contribution in [3.05, 3.63) is 96.1 Å². The highest BCUT2D eigenvalue weighted by Crippen LogP contribution is 2.19. The van der Waals surface area contributed by atoms with E-state index in [9.17, 15) is 0 Å². The Hall–Kier alpha value is -2.98. The van der Waals surface area contributed by atoms with Gasteiger partial charge in [-0.25, -0.2) is 0 Å². The number of hydrogen-bond acceptors (Lipinski definition) is 2. The average molecular weight is 359 g/mol. The minimum Gasteiger partial charge on any atom is -0.357 e. The molecule has 3 nitrogen and oxygen atoms in total. The Morgan fingerprint density at radius 2 is 1.38 bits per heavy atom. The smallest absolute Gasteiger partial charge is 0.187 e. The van der Waals surface area contributed by atoms with Gasteiger partial charge in [0.15, 0.2) is 5.11 Å². The van der Waals surface area contributed by atoms with E-state index in [1.54, 1.807) is 0 Å². The van der Waals surface area contributed by atoms with Crippen molar-refractivity contribution >= 4 is 23.0 Å². The van der Waals surface area contributed by atoms with Gasteiger partial charge in [-0.05, 0) is 41.4 Å². The van der Waals surface area contributed by atoms with Gasteiger partial charge in [0.05, 0.1) is 5.71 Å². The Morgan fingerprint density at radius 3 is 2.04 bits per heavy atom. The van der Waals surface area contributed by atoms with E-state index in [1.807, 2.05) is 43.3 Å². The van der Waals surface area contributed by atoms with Crippen LogP contribution in [-0.2, 0) is 6.54 Å². The molecule has 0 heterocycles. The van der Waals surface area contributed by atoms with Gasteiger partial charge in [0.1, 0.15) is 0 Å². The molecule has 0 bridgehead atoms. The maximum absolute atomic E-state index is 5.28. The van der Waals surface area contributed by atoms with Gasteiger partial charge in [-0.2, -0.15) is 5.10 Å². The Bertz CT molecular complexity index is 872. The van der Waals surface area contributed by atoms with Crippen LogP contribution in [0.25, 0.3) is 11.1 Å². The molecule has 0 fully saturated rings. The van der Waals surface area contributed by atoms with Gasteiger partial charge >= 0.3 is 0 Å². The van der Waals surface area contributed by atoms with Crippen molar-refractivity contribution in [3.63, 3.8) is 0 Å². The molecule has 3 aromatic carbocycles. The van der Waals surface area contributed by atoms with Gasteiger partial charge < -0.3 is 5.32 Å². The fourth-order valence-electron chi connectivity index (χ4n) is 2.55. The van der Waals surface area contributed by atoms with Crippen LogP contribution < -0.4 is 10.7 Å². The van der Waals surface area contributed by atoms with E-state index in [0.29, 0.717) is 11.7 Å². The van der Waals surface area contributed by atoms with Crippen LogP contribution in [0.5, 0.6) is 0 Å². The van der Waals surface area contributed by atoms with Crippen molar-refractivity contribution in [3.8, 4) is 11.1 Å². The van der Waals surface area contributed by atoms with Crippen LogP contribution in [0.1, 0.15) is 18.1 Å². The molecule has 0 aliphatic carbocycles. The molecule has 4 heteroatoms. The molecule has 3 aromatic rings. The lowest BCUT2D eigenvalue weighted by Gasteiger charge is -2.08. The van der Waals surface area contributed by atoms with Crippen LogP contribution in [0.15, 0.2) is 90.0 Å². The molecule has 0 aromatic heterocycles. The van der Waals surface area contributed by atoms with Gasteiger partial charge in [-0.15, -0.1) is 0 Å². The van der Waals surface area contributed by atoms with Crippen molar-refractivity contribution in [1.82, 2.24) is 10.7 Å². The number of rotatable bonds is 5. The molecular weight excluding hydrogens is 338 g/mol. The second kappa shape index (κ2) is 8.92. The Kier molecular flexibility index (Phi) is 6.12. The van der Waals surface area contributed by atoms with Gasteiger partial charge in [-0.3, -0.25) is 5.43 Å². The molecule has 26 heavy (non-hydrogen) atoms. The highest BCUT2D eigenvalue weighted by Gasteiger charge is 2.01. The lowest BCUT2D eigenvalue weighted by molar-refractivity contribution is 0.866. The molecule has 0 spiro atoms. The first-order valence-electron chi connectivity index (χ1n) is 8.50. The number of benzene rings is 3. The first-order chi connectivity index (χ1) is 12.7. The molecule has 0 saturated heterocycles. The minimum absolute atomic E-state index is 0.508. The van der Waals surface area contributed by atoms with Gasteiger partial charge in [0.25, 0.3) is 0 Å². The predicted molar refractivity (Wildman–Crippen MR) is 113 cm³/mol. The van der Waals surface area contributed by atoms with E-state index in [-0.39, 0.29) is 0 Å². The first kappa shape index (κ1) is 17.8. The van der Waals surface area contributed by atoms with E-state index in [0.717, 1.165) is 11.3 Å². The summed E-state index contributed by atoms with van der Waals surface area (Å²) >= 11 is 5.28. The highest BCUT2D eigenvalue weighted by molar-refractivity contribution is 7.80. The molecule has 0 radical (unpaired) electrons. The van der Waals surface area contributed by atoms with Crippen LogP contribution in [0.2, 0.25) is 0 Å². The van der Waals surface area contributed by atoms with E-state index in [4.69, 9.17) is 12.2 Å². The van der Waals surface area contributed by atoms with Gasteiger partial charge in [0.2, 0.25) is 0 Å².